The van der Waals surface area contributed by atoms with Crippen molar-refractivity contribution in [2.75, 3.05) is 16.6 Å². The van der Waals surface area contributed by atoms with Gasteiger partial charge in [0, 0.05) is 16.5 Å². The van der Waals surface area contributed by atoms with Gasteiger partial charge in [0.1, 0.15) is 0 Å². The lowest BCUT2D eigenvalue weighted by atomic mass is 10.3. The number of sulfonamides is 1. The van der Waals surface area contributed by atoms with Crippen molar-refractivity contribution in [3.8, 4) is 0 Å². The molecule has 1 aliphatic rings. The molecule has 0 N–H and O–H groups in total. The second kappa shape index (κ2) is 5.91. The fourth-order valence-electron chi connectivity index (χ4n) is 2.28. The molecule has 0 spiro atoms. The van der Waals surface area contributed by atoms with E-state index in [9.17, 15) is 8.42 Å². The molecule has 3 nitrogen and oxygen atoms in total. The number of halogens is 1. The summed E-state index contributed by atoms with van der Waals surface area (Å²) >= 11 is 7.54. The Balaban J connectivity index is 2.08. The molecule has 110 valence electrons. The first kappa shape index (κ1) is 14.8. The van der Waals surface area contributed by atoms with E-state index in [2.05, 4.69) is 0 Å². The third kappa shape index (κ3) is 2.91. The first-order valence-electron chi connectivity index (χ1n) is 6.59. The molecule has 1 heterocycles. The van der Waals surface area contributed by atoms with Crippen LogP contribution in [0, 0.1) is 0 Å². The molecule has 2 aromatic rings. The van der Waals surface area contributed by atoms with Crippen molar-refractivity contribution in [1.29, 1.82) is 0 Å². The standard InChI is InChI=1S/C15H14ClNO2S2/c16-12-6-8-13(9-7-12)21(18,19)17-10-3-11-20-15-5-2-1-4-14(15)17/h1-2,4-9H,3,10-11H2. The second-order valence-electron chi connectivity index (χ2n) is 4.70. The number of anilines is 1. The zero-order chi connectivity index (χ0) is 14.9. The van der Waals surface area contributed by atoms with Gasteiger partial charge in [0.15, 0.2) is 0 Å². The first-order chi connectivity index (χ1) is 10.1. The number of rotatable bonds is 2. The van der Waals surface area contributed by atoms with Gasteiger partial charge in [0.2, 0.25) is 0 Å². The quantitative estimate of drug-likeness (QED) is 0.829. The Morgan fingerprint density at radius 2 is 1.76 bits per heavy atom. The molecule has 1 aliphatic heterocycles. The van der Waals surface area contributed by atoms with Gasteiger partial charge in [-0.25, -0.2) is 8.42 Å². The Kier molecular flexibility index (Phi) is 4.15. The van der Waals surface area contributed by atoms with Crippen LogP contribution in [0.3, 0.4) is 0 Å². The number of hydrogen-bond donors (Lipinski definition) is 0. The Bertz CT molecular complexity index is 745. The van der Waals surface area contributed by atoms with Crippen LogP contribution in [0.2, 0.25) is 5.02 Å². The van der Waals surface area contributed by atoms with Gasteiger partial charge in [-0.05, 0) is 48.6 Å². The summed E-state index contributed by atoms with van der Waals surface area (Å²) in [5.74, 6) is 0.920. The zero-order valence-corrected chi connectivity index (χ0v) is 13.6. The summed E-state index contributed by atoms with van der Waals surface area (Å²) in [6.45, 7) is 0.495. The first-order valence-corrected chi connectivity index (χ1v) is 9.39. The van der Waals surface area contributed by atoms with E-state index in [4.69, 9.17) is 11.6 Å². The van der Waals surface area contributed by atoms with Gasteiger partial charge >= 0.3 is 0 Å². The van der Waals surface area contributed by atoms with Crippen LogP contribution in [-0.4, -0.2) is 20.7 Å². The summed E-state index contributed by atoms with van der Waals surface area (Å²) in [4.78, 5) is 1.28. The third-order valence-electron chi connectivity index (χ3n) is 3.30. The highest BCUT2D eigenvalue weighted by atomic mass is 35.5. The SMILES string of the molecule is O=S(=O)(c1ccc(Cl)cc1)N1CCCSc2ccccc21. The third-order valence-corrected chi connectivity index (χ3v) is 6.53. The van der Waals surface area contributed by atoms with E-state index in [1.54, 1.807) is 36.0 Å². The van der Waals surface area contributed by atoms with Crippen LogP contribution in [0.1, 0.15) is 6.42 Å². The van der Waals surface area contributed by atoms with E-state index in [0.29, 0.717) is 11.6 Å². The van der Waals surface area contributed by atoms with Crippen LogP contribution in [0.4, 0.5) is 5.69 Å². The smallest absolute Gasteiger partial charge is 0.264 e. The van der Waals surface area contributed by atoms with E-state index >= 15 is 0 Å². The van der Waals surface area contributed by atoms with Crippen molar-refractivity contribution in [2.24, 2.45) is 0 Å². The van der Waals surface area contributed by atoms with Crippen molar-refractivity contribution in [3.05, 3.63) is 53.6 Å². The van der Waals surface area contributed by atoms with E-state index in [1.807, 2.05) is 24.3 Å². The number of benzene rings is 2. The van der Waals surface area contributed by atoms with Crippen molar-refractivity contribution >= 4 is 39.1 Å². The minimum Gasteiger partial charge on any atom is -0.265 e. The van der Waals surface area contributed by atoms with Gasteiger partial charge in [-0.15, -0.1) is 11.8 Å². The van der Waals surface area contributed by atoms with Gasteiger partial charge in [0.05, 0.1) is 10.6 Å². The summed E-state index contributed by atoms with van der Waals surface area (Å²) in [7, 11) is -3.55. The van der Waals surface area contributed by atoms with Crippen LogP contribution in [-0.2, 0) is 10.0 Å². The molecular formula is C15H14ClNO2S2. The topological polar surface area (TPSA) is 37.4 Å². The predicted octanol–water partition coefficient (Wildman–Crippen LogP) is 4.03. The lowest BCUT2D eigenvalue weighted by Crippen LogP contribution is -2.31. The molecule has 0 fully saturated rings. The molecule has 21 heavy (non-hydrogen) atoms. The van der Waals surface area contributed by atoms with E-state index in [1.165, 1.54) is 4.31 Å². The summed E-state index contributed by atoms with van der Waals surface area (Å²) in [5, 5.41) is 0.528. The second-order valence-corrected chi connectivity index (χ2v) is 8.14. The molecule has 2 aromatic carbocycles. The molecule has 0 saturated carbocycles. The van der Waals surface area contributed by atoms with Gasteiger partial charge in [-0.3, -0.25) is 4.31 Å². The van der Waals surface area contributed by atoms with Crippen molar-refractivity contribution in [2.45, 2.75) is 16.2 Å². The van der Waals surface area contributed by atoms with E-state index in [0.717, 1.165) is 22.8 Å². The maximum Gasteiger partial charge on any atom is 0.264 e. The molecule has 6 heteroatoms. The molecule has 0 aliphatic carbocycles. The summed E-state index contributed by atoms with van der Waals surface area (Å²) < 4.78 is 27.3. The predicted molar refractivity (Wildman–Crippen MR) is 87.8 cm³/mol. The van der Waals surface area contributed by atoms with Crippen LogP contribution < -0.4 is 4.31 Å². The summed E-state index contributed by atoms with van der Waals surface area (Å²) in [6.07, 6.45) is 0.826. The van der Waals surface area contributed by atoms with E-state index < -0.39 is 10.0 Å². The number of para-hydroxylation sites is 1. The Hall–Kier alpha value is -1.17. The number of fused-ring (bicyclic) bond motifs is 1. The maximum absolute atomic E-state index is 12.9. The van der Waals surface area contributed by atoms with Crippen molar-refractivity contribution in [1.82, 2.24) is 0 Å². The number of thioether (sulfide) groups is 1. The molecule has 3 rings (SSSR count). The Morgan fingerprint density at radius 3 is 2.52 bits per heavy atom. The molecule has 0 aromatic heterocycles. The highest BCUT2D eigenvalue weighted by molar-refractivity contribution is 7.99. The van der Waals surface area contributed by atoms with Gasteiger partial charge < -0.3 is 0 Å². The fourth-order valence-corrected chi connectivity index (χ4v) is 4.98. The largest absolute Gasteiger partial charge is 0.265 e. The monoisotopic (exact) mass is 339 g/mol. The molecule has 0 unspecified atom stereocenters. The van der Waals surface area contributed by atoms with Crippen molar-refractivity contribution < 1.29 is 8.42 Å². The van der Waals surface area contributed by atoms with Gasteiger partial charge in [-0.1, -0.05) is 23.7 Å². The maximum atomic E-state index is 12.9. The lowest BCUT2D eigenvalue weighted by molar-refractivity contribution is 0.590. The molecule has 0 bridgehead atoms. The highest BCUT2D eigenvalue weighted by Gasteiger charge is 2.27. The average Bonchev–Trinajstić information content (AvgIpc) is 2.70. The lowest BCUT2D eigenvalue weighted by Gasteiger charge is -2.24. The van der Waals surface area contributed by atoms with Gasteiger partial charge in [-0.2, -0.15) is 0 Å². The molecular weight excluding hydrogens is 326 g/mol. The fraction of sp³-hybridized carbons (Fsp3) is 0.200. The summed E-state index contributed by atoms with van der Waals surface area (Å²) in [5.41, 5.74) is 0.759. The highest BCUT2D eigenvalue weighted by Crippen LogP contribution is 2.36. The minimum atomic E-state index is -3.55. The molecule has 0 amide bonds. The number of nitrogens with zero attached hydrogens (tertiary/aromatic N) is 1. The Labute approximate surface area is 134 Å². The summed E-state index contributed by atoms with van der Waals surface area (Å²) in [6, 6.07) is 14.0. The van der Waals surface area contributed by atoms with Gasteiger partial charge in [0.25, 0.3) is 10.0 Å². The van der Waals surface area contributed by atoms with Crippen LogP contribution in [0.5, 0.6) is 0 Å². The Morgan fingerprint density at radius 1 is 1.05 bits per heavy atom. The minimum absolute atomic E-state index is 0.272. The van der Waals surface area contributed by atoms with Crippen molar-refractivity contribution in [3.63, 3.8) is 0 Å². The number of hydrogen-bond acceptors (Lipinski definition) is 3. The van der Waals surface area contributed by atoms with Crippen LogP contribution in [0.15, 0.2) is 58.3 Å². The zero-order valence-electron chi connectivity index (χ0n) is 11.2. The van der Waals surface area contributed by atoms with Crippen LogP contribution >= 0.6 is 23.4 Å². The average molecular weight is 340 g/mol. The molecule has 0 saturated heterocycles. The molecule has 0 radical (unpaired) electrons. The normalized spacial score (nSPS) is 15.4. The van der Waals surface area contributed by atoms with E-state index in [-0.39, 0.29) is 4.90 Å². The van der Waals surface area contributed by atoms with Crippen LogP contribution in [0.25, 0.3) is 0 Å². The molecule has 0 atom stereocenters.